The first-order chi connectivity index (χ1) is 25.3. The first-order valence-corrected chi connectivity index (χ1v) is 17.5. The zero-order valence-electron chi connectivity index (χ0n) is 28.0. The van der Waals surface area contributed by atoms with E-state index >= 15 is 0 Å². The van der Waals surface area contributed by atoms with Gasteiger partial charge in [0.1, 0.15) is 23.9 Å². The largest absolute Gasteiger partial charge is 0.494 e. The highest BCUT2D eigenvalue weighted by atomic mass is 32.2. The van der Waals surface area contributed by atoms with E-state index in [0.717, 1.165) is 47.2 Å². The molecule has 0 aliphatic carbocycles. The second-order valence-electron chi connectivity index (χ2n) is 10.7. The number of nitrogens with zero attached hydrogens (tertiary/aromatic N) is 2. The number of fused-ring (bicyclic) bond motifs is 1. The molecule has 3 aromatic rings. The molecule has 1 aliphatic heterocycles. The Balaban J connectivity index is 1.40. The van der Waals surface area contributed by atoms with Crippen LogP contribution in [0.4, 0.5) is 0 Å². The number of allylic oxidation sites excluding steroid dienone is 2. The molecule has 1 aliphatic rings. The second-order valence-corrected chi connectivity index (χ2v) is 13.0. The lowest BCUT2D eigenvalue weighted by molar-refractivity contribution is -0.249. The van der Waals surface area contributed by atoms with Gasteiger partial charge in [-0.1, -0.05) is 48.8 Å². The lowest BCUT2D eigenvalue weighted by atomic mass is 10.0. The summed E-state index contributed by atoms with van der Waals surface area (Å²) in [7, 11) is 0. The Morgan fingerprint density at radius 1 is 0.808 bits per heavy atom. The zero-order chi connectivity index (χ0) is 37.3. The van der Waals surface area contributed by atoms with E-state index < -0.39 is 17.9 Å². The third kappa shape index (κ3) is 11.3. The lowest BCUT2D eigenvalue weighted by Crippen LogP contribution is -2.11. The van der Waals surface area contributed by atoms with Crippen molar-refractivity contribution in [2.24, 2.45) is 0 Å². The van der Waals surface area contributed by atoms with Crippen LogP contribution >= 0.6 is 23.5 Å². The topological polar surface area (TPSA) is 155 Å². The molecule has 3 aromatic carbocycles. The molecule has 0 fully saturated rings. The van der Waals surface area contributed by atoms with Crippen molar-refractivity contribution in [1.29, 1.82) is 5.26 Å². The van der Waals surface area contributed by atoms with Crippen LogP contribution in [-0.4, -0.2) is 56.2 Å². The number of ether oxygens (including phenoxy) is 5. The van der Waals surface area contributed by atoms with Crippen LogP contribution in [0.2, 0.25) is 0 Å². The summed E-state index contributed by atoms with van der Waals surface area (Å²) in [6.07, 6.45) is 3.78. The summed E-state index contributed by atoms with van der Waals surface area (Å²) in [5.41, 5.74) is 2.13. The van der Waals surface area contributed by atoms with Crippen molar-refractivity contribution >= 4 is 47.0 Å². The smallest absolute Gasteiger partial charge is 0.343 e. The Labute approximate surface area is 309 Å². The molecule has 14 heteroatoms. The Bertz CT molecular complexity index is 1880. The Morgan fingerprint density at radius 3 is 1.94 bits per heavy atom. The first-order valence-electron chi connectivity index (χ1n) is 15.9. The average molecular weight is 743 g/mol. The van der Waals surface area contributed by atoms with Crippen molar-refractivity contribution in [3.05, 3.63) is 118 Å². The van der Waals surface area contributed by atoms with Crippen LogP contribution in [0.3, 0.4) is 0 Å². The maximum atomic E-state index is 13.2. The SMILES string of the molecule is [C-]#[N+]/C(C#N)=C1/Sc2c(OC(=O)c3ccc(OCCCCOC(=O)C=C)cc3)ccc(OC(=O)c3ccc(C(=C)CCCOCCOO)cc3)c2S1. The van der Waals surface area contributed by atoms with Crippen molar-refractivity contribution in [2.45, 2.75) is 35.5 Å². The third-order valence-electron chi connectivity index (χ3n) is 7.17. The average Bonchev–Trinajstić information content (AvgIpc) is 3.62. The van der Waals surface area contributed by atoms with Gasteiger partial charge in [0.05, 0.1) is 57.6 Å². The fraction of sp³-hybridized carbons (Fsp3) is 0.237. The summed E-state index contributed by atoms with van der Waals surface area (Å²) in [4.78, 5) is 45.6. The molecule has 1 heterocycles. The highest BCUT2D eigenvalue weighted by Crippen LogP contribution is 2.59. The van der Waals surface area contributed by atoms with Crippen LogP contribution in [0.5, 0.6) is 17.2 Å². The van der Waals surface area contributed by atoms with Gasteiger partial charge in [-0.2, -0.15) is 0 Å². The van der Waals surface area contributed by atoms with Gasteiger partial charge in [-0.3, -0.25) is 5.26 Å². The number of hydrogen-bond acceptors (Lipinski definition) is 13. The number of carbonyl (C=O) groups is 3. The molecule has 12 nitrogen and oxygen atoms in total. The fourth-order valence-corrected chi connectivity index (χ4v) is 6.97. The second kappa shape index (κ2) is 20.5. The van der Waals surface area contributed by atoms with Crippen LogP contribution in [0.15, 0.2) is 99.6 Å². The zero-order valence-corrected chi connectivity index (χ0v) is 29.6. The van der Waals surface area contributed by atoms with E-state index in [9.17, 15) is 19.6 Å². The predicted octanol–water partition coefficient (Wildman–Crippen LogP) is 8.12. The number of unbranched alkanes of at least 4 members (excludes halogenated alkanes) is 1. The van der Waals surface area contributed by atoms with Crippen molar-refractivity contribution < 1.29 is 48.2 Å². The molecule has 4 rings (SSSR count). The monoisotopic (exact) mass is 742 g/mol. The van der Waals surface area contributed by atoms with E-state index in [1.165, 1.54) is 12.1 Å². The quantitative estimate of drug-likeness (QED) is 0.0184. The van der Waals surface area contributed by atoms with Crippen molar-refractivity contribution in [1.82, 2.24) is 0 Å². The number of rotatable bonds is 19. The number of benzene rings is 3. The van der Waals surface area contributed by atoms with Crippen LogP contribution < -0.4 is 14.2 Å². The molecule has 0 spiro atoms. The van der Waals surface area contributed by atoms with Crippen molar-refractivity contribution in [3.63, 3.8) is 0 Å². The molecule has 0 atom stereocenters. The summed E-state index contributed by atoms with van der Waals surface area (Å²) in [6, 6.07) is 18.1. The van der Waals surface area contributed by atoms with E-state index in [1.807, 2.05) is 6.07 Å². The molecule has 0 saturated carbocycles. The van der Waals surface area contributed by atoms with Crippen LogP contribution in [0.1, 0.15) is 52.0 Å². The van der Waals surface area contributed by atoms with Gasteiger partial charge in [-0.15, -0.1) is 0 Å². The van der Waals surface area contributed by atoms with Crippen LogP contribution in [0.25, 0.3) is 10.4 Å². The van der Waals surface area contributed by atoms with Crippen molar-refractivity contribution in [2.75, 3.05) is 33.0 Å². The maximum Gasteiger partial charge on any atom is 0.343 e. The molecule has 0 bridgehead atoms. The minimum Gasteiger partial charge on any atom is -0.494 e. The Kier molecular flexibility index (Phi) is 15.5. The summed E-state index contributed by atoms with van der Waals surface area (Å²) in [6.45, 7) is 16.4. The minimum atomic E-state index is -0.651. The van der Waals surface area contributed by atoms with Crippen molar-refractivity contribution in [3.8, 4) is 23.3 Å². The van der Waals surface area contributed by atoms with Crippen LogP contribution in [-0.2, 0) is 19.2 Å². The highest BCUT2D eigenvalue weighted by molar-refractivity contribution is 8.24. The summed E-state index contributed by atoms with van der Waals surface area (Å²) < 4.78 is 27.9. The number of carbonyl (C=O) groups excluding carboxylic acids is 3. The fourth-order valence-electron chi connectivity index (χ4n) is 4.50. The third-order valence-corrected chi connectivity index (χ3v) is 9.77. The normalized spacial score (nSPS) is 12.4. The van der Waals surface area contributed by atoms with Gasteiger partial charge in [0.15, 0.2) is 0 Å². The van der Waals surface area contributed by atoms with Gasteiger partial charge >= 0.3 is 17.9 Å². The number of hydrogen-bond donors (Lipinski definition) is 1. The number of thioether (sulfide) groups is 2. The summed E-state index contributed by atoms with van der Waals surface area (Å²) >= 11 is 2.16. The molecule has 1 N–H and O–H groups in total. The molecular weight excluding hydrogens is 709 g/mol. The molecule has 268 valence electrons. The Morgan fingerprint density at radius 2 is 1.38 bits per heavy atom. The number of esters is 3. The summed E-state index contributed by atoms with van der Waals surface area (Å²) in [5, 5.41) is 17.9. The van der Waals surface area contributed by atoms with Gasteiger partial charge in [0, 0.05) is 12.7 Å². The van der Waals surface area contributed by atoms with E-state index in [4.69, 9.17) is 35.5 Å². The van der Waals surface area contributed by atoms with E-state index in [-0.39, 0.29) is 42.6 Å². The van der Waals surface area contributed by atoms with Gasteiger partial charge < -0.3 is 23.7 Å². The number of nitriles is 1. The molecule has 0 saturated heterocycles. The molecule has 0 radical (unpaired) electrons. The lowest BCUT2D eigenvalue weighted by Gasteiger charge is -2.13. The van der Waals surface area contributed by atoms with Gasteiger partial charge in [-0.05, 0) is 85.4 Å². The van der Waals surface area contributed by atoms with Crippen LogP contribution in [0, 0.1) is 17.9 Å². The maximum absolute atomic E-state index is 13.2. The van der Waals surface area contributed by atoms with Gasteiger partial charge in [-0.25, -0.2) is 29.4 Å². The van der Waals surface area contributed by atoms with Gasteiger partial charge in [0.2, 0.25) is 0 Å². The van der Waals surface area contributed by atoms with E-state index in [1.54, 1.807) is 48.5 Å². The predicted molar refractivity (Wildman–Crippen MR) is 194 cm³/mol. The molecule has 0 amide bonds. The molecule has 0 aromatic heterocycles. The summed E-state index contributed by atoms with van der Waals surface area (Å²) in [5.74, 6) is -0.862. The van der Waals surface area contributed by atoms with E-state index in [2.05, 4.69) is 22.9 Å². The Hall–Kier alpha value is -5.35. The standard InChI is InChI=1S/C38H34N2O10S2/c1-4-33(41)47-21-6-5-20-46-29-15-13-28(14-16-29)37(43)50-32-18-17-31(34-35(32)52-38(51-34)30(24-39)40-3)49-36(42)27-11-9-26(10-12-27)25(2)8-7-19-45-22-23-48-44/h4,9-18,44H,1-2,5-8,19-23H2/b38-30+. The van der Waals surface area contributed by atoms with Gasteiger partial charge in [0.25, 0.3) is 5.70 Å². The first kappa shape index (κ1) is 39.4. The molecule has 52 heavy (non-hydrogen) atoms. The minimum absolute atomic E-state index is 0.102. The highest BCUT2D eigenvalue weighted by Gasteiger charge is 2.30. The van der Waals surface area contributed by atoms with E-state index in [0.29, 0.717) is 57.8 Å². The molecule has 0 unspecified atom stereocenters. The molecular formula is C38H34N2O10S2.